The highest BCUT2D eigenvalue weighted by molar-refractivity contribution is 5.79. The predicted molar refractivity (Wildman–Crippen MR) is 94.0 cm³/mol. The van der Waals surface area contributed by atoms with Crippen LogP contribution in [0.5, 0.6) is 0 Å². The third-order valence-corrected chi connectivity index (χ3v) is 4.53. The van der Waals surface area contributed by atoms with Gasteiger partial charge in [-0.1, -0.05) is 48.5 Å². The summed E-state index contributed by atoms with van der Waals surface area (Å²) in [6, 6.07) is 16.6. The van der Waals surface area contributed by atoms with Gasteiger partial charge in [0, 0.05) is 19.5 Å². The Hall–Kier alpha value is -2.33. The Morgan fingerprint density at radius 2 is 1.67 bits per heavy atom. The van der Waals surface area contributed by atoms with Gasteiger partial charge in [0.1, 0.15) is 6.61 Å². The van der Waals surface area contributed by atoms with Gasteiger partial charge in [-0.3, -0.25) is 0 Å². The van der Waals surface area contributed by atoms with E-state index in [0.717, 1.165) is 0 Å². The number of aliphatic hydroxyl groups excluding tert-OH is 1. The maximum Gasteiger partial charge on any atom is 0.409 e. The number of ether oxygens (including phenoxy) is 1. The summed E-state index contributed by atoms with van der Waals surface area (Å²) in [7, 11) is 1.70. The van der Waals surface area contributed by atoms with Gasteiger partial charge in [-0.2, -0.15) is 0 Å². The van der Waals surface area contributed by atoms with Crippen molar-refractivity contribution in [3.05, 3.63) is 59.7 Å². The lowest BCUT2D eigenvalue weighted by Crippen LogP contribution is -2.31. The number of aliphatic hydroxyl groups is 1. The summed E-state index contributed by atoms with van der Waals surface area (Å²) in [6.45, 7) is 2.52. The number of carbonyl (C=O) groups excluding carboxylic acids is 1. The van der Waals surface area contributed by atoms with Crippen LogP contribution in [0, 0.1) is 0 Å². The van der Waals surface area contributed by atoms with Gasteiger partial charge in [-0.25, -0.2) is 4.79 Å². The fourth-order valence-corrected chi connectivity index (χ4v) is 3.18. The third kappa shape index (κ3) is 3.29. The standard InChI is InChI=1S/C20H23NO3/c1-14(22)11-12-21(2)20(23)24-13-19-17-9-5-3-7-15(17)16-8-4-6-10-18(16)19/h3-10,14,19,22H,11-13H2,1-2H3/t14-/m1/s1. The van der Waals surface area contributed by atoms with Crippen molar-refractivity contribution >= 4 is 6.09 Å². The molecule has 0 bridgehead atoms. The topological polar surface area (TPSA) is 49.8 Å². The van der Waals surface area contributed by atoms with Gasteiger partial charge in [0.2, 0.25) is 0 Å². The number of fused-ring (bicyclic) bond motifs is 3. The van der Waals surface area contributed by atoms with Crippen LogP contribution in [0.25, 0.3) is 11.1 Å². The van der Waals surface area contributed by atoms with E-state index in [2.05, 4.69) is 24.3 Å². The molecule has 0 aromatic heterocycles. The number of amides is 1. The minimum Gasteiger partial charge on any atom is -0.448 e. The molecule has 126 valence electrons. The monoisotopic (exact) mass is 325 g/mol. The van der Waals surface area contributed by atoms with Crippen molar-refractivity contribution in [3.63, 3.8) is 0 Å². The average molecular weight is 325 g/mol. The maximum atomic E-state index is 12.2. The van der Waals surface area contributed by atoms with Gasteiger partial charge in [0.15, 0.2) is 0 Å². The molecule has 24 heavy (non-hydrogen) atoms. The SMILES string of the molecule is C[C@@H](O)CCN(C)C(=O)OCC1c2ccccc2-c2ccccc21. The Morgan fingerprint density at radius 1 is 1.12 bits per heavy atom. The highest BCUT2D eigenvalue weighted by atomic mass is 16.6. The Balaban J connectivity index is 1.70. The Morgan fingerprint density at radius 3 is 2.21 bits per heavy atom. The smallest absolute Gasteiger partial charge is 0.409 e. The molecule has 0 fully saturated rings. The van der Waals surface area contributed by atoms with Crippen molar-refractivity contribution in [1.29, 1.82) is 0 Å². The van der Waals surface area contributed by atoms with Gasteiger partial charge in [0.05, 0.1) is 6.10 Å². The van der Waals surface area contributed by atoms with Crippen molar-refractivity contribution in [1.82, 2.24) is 4.90 Å². The predicted octanol–water partition coefficient (Wildman–Crippen LogP) is 3.64. The fraction of sp³-hybridized carbons (Fsp3) is 0.350. The number of hydrogen-bond acceptors (Lipinski definition) is 3. The Kier molecular flexibility index (Phi) is 4.86. The first kappa shape index (κ1) is 16.5. The Labute approximate surface area is 142 Å². The number of rotatable bonds is 5. The van der Waals surface area contributed by atoms with Crippen molar-refractivity contribution in [2.24, 2.45) is 0 Å². The highest BCUT2D eigenvalue weighted by Gasteiger charge is 2.29. The molecule has 1 atom stereocenters. The molecule has 2 aromatic rings. The molecule has 3 rings (SSSR count). The molecule has 0 aliphatic heterocycles. The van der Waals surface area contributed by atoms with Gasteiger partial charge in [0.25, 0.3) is 0 Å². The zero-order valence-corrected chi connectivity index (χ0v) is 14.1. The van der Waals surface area contributed by atoms with Gasteiger partial charge in [-0.05, 0) is 35.6 Å². The zero-order chi connectivity index (χ0) is 17.1. The molecule has 0 saturated carbocycles. The van der Waals surface area contributed by atoms with Gasteiger partial charge >= 0.3 is 6.09 Å². The summed E-state index contributed by atoms with van der Waals surface area (Å²) in [5, 5.41) is 9.33. The zero-order valence-electron chi connectivity index (χ0n) is 14.1. The van der Waals surface area contributed by atoms with Gasteiger partial charge < -0.3 is 14.7 Å². The summed E-state index contributed by atoms with van der Waals surface area (Å²) in [5.41, 5.74) is 4.85. The second-order valence-corrected chi connectivity index (χ2v) is 6.36. The van der Waals surface area contributed by atoms with E-state index in [9.17, 15) is 9.90 Å². The number of hydrogen-bond donors (Lipinski definition) is 1. The summed E-state index contributed by atoms with van der Waals surface area (Å²) in [4.78, 5) is 13.7. The third-order valence-electron chi connectivity index (χ3n) is 4.53. The molecule has 2 aromatic carbocycles. The molecule has 1 aliphatic carbocycles. The van der Waals surface area contributed by atoms with E-state index in [1.54, 1.807) is 14.0 Å². The van der Waals surface area contributed by atoms with Crippen LogP contribution in [-0.2, 0) is 4.74 Å². The first-order valence-electron chi connectivity index (χ1n) is 8.32. The van der Waals surface area contributed by atoms with Crippen LogP contribution in [0.3, 0.4) is 0 Å². The fourth-order valence-electron chi connectivity index (χ4n) is 3.18. The summed E-state index contributed by atoms with van der Waals surface area (Å²) >= 11 is 0. The van der Waals surface area contributed by atoms with Crippen LogP contribution in [0.1, 0.15) is 30.4 Å². The largest absolute Gasteiger partial charge is 0.448 e. The lowest BCUT2D eigenvalue weighted by atomic mass is 9.98. The summed E-state index contributed by atoms with van der Waals surface area (Å²) < 4.78 is 5.54. The normalized spacial score (nSPS) is 14.0. The molecular weight excluding hydrogens is 302 g/mol. The minimum atomic E-state index is -0.422. The van der Waals surface area contributed by atoms with Crippen molar-refractivity contribution in [3.8, 4) is 11.1 Å². The summed E-state index contributed by atoms with van der Waals surface area (Å²) in [6.07, 6.45) is -0.230. The van der Waals surface area contributed by atoms with Crippen LogP contribution in [-0.4, -0.2) is 42.4 Å². The highest BCUT2D eigenvalue weighted by Crippen LogP contribution is 2.44. The molecule has 4 nitrogen and oxygen atoms in total. The van der Waals surface area contributed by atoms with E-state index in [0.29, 0.717) is 19.6 Å². The molecule has 4 heteroatoms. The second kappa shape index (κ2) is 7.05. The lowest BCUT2D eigenvalue weighted by molar-refractivity contribution is 0.100. The molecule has 1 N–H and O–H groups in total. The molecule has 0 unspecified atom stereocenters. The van der Waals surface area contributed by atoms with Gasteiger partial charge in [-0.15, -0.1) is 0 Å². The number of nitrogens with zero attached hydrogens (tertiary/aromatic N) is 1. The van der Waals surface area contributed by atoms with E-state index in [1.165, 1.54) is 27.2 Å². The Bertz CT molecular complexity index is 681. The lowest BCUT2D eigenvalue weighted by Gasteiger charge is -2.20. The maximum absolute atomic E-state index is 12.2. The quantitative estimate of drug-likeness (QED) is 0.913. The molecule has 0 heterocycles. The van der Waals surface area contributed by atoms with Crippen LogP contribution < -0.4 is 0 Å². The van der Waals surface area contributed by atoms with Crippen LogP contribution in [0.2, 0.25) is 0 Å². The molecular formula is C20H23NO3. The van der Waals surface area contributed by atoms with Crippen LogP contribution in [0.4, 0.5) is 4.79 Å². The molecule has 0 spiro atoms. The van der Waals surface area contributed by atoms with Crippen LogP contribution >= 0.6 is 0 Å². The van der Waals surface area contributed by atoms with Crippen molar-refractivity contribution in [2.45, 2.75) is 25.4 Å². The minimum absolute atomic E-state index is 0.0755. The van der Waals surface area contributed by atoms with E-state index in [-0.39, 0.29) is 12.0 Å². The van der Waals surface area contributed by atoms with Crippen molar-refractivity contribution < 1.29 is 14.6 Å². The molecule has 0 saturated heterocycles. The van der Waals surface area contributed by atoms with E-state index in [4.69, 9.17) is 4.74 Å². The number of carbonyl (C=O) groups is 1. The second-order valence-electron chi connectivity index (χ2n) is 6.36. The van der Waals surface area contributed by atoms with E-state index in [1.807, 2.05) is 24.3 Å². The van der Waals surface area contributed by atoms with E-state index < -0.39 is 6.10 Å². The molecule has 1 aliphatic rings. The molecule has 0 radical (unpaired) electrons. The number of benzene rings is 2. The van der Waals surface area contributed by atoms with Crippen molar-refractivity contribution in [2.75, 3.05) is 20.2 Å². The van der Waals surface area contributed by atoms with E-state index >= 15 is 0 Å². The first-order chi connectivity index (χ1) is 11.6. The first-order valence-corrected chi connectivity index (χ1v) is 8.32. The average Bonchev–Trinajstić information content (AvgIpc) is 2.91. The molecule has 1 amide bonds. The van der Waals surface area contributed by atoms with Crippen LogP contribution in [0.15, 0.2) is 48.5 Å². The summed E-state index contributed by atoms with van der Waals surface area (Å²) in [5.74, 6) is 0.0755.